The lowest BCUT2D eigenvalue weighted by Crippen LogP contribution is -2.34. The van der Waals surface area contributed by atoms with E-state index in [9.17, 15) is 4.79 Å². The number of nitrogens with one attached hydrogen (secondary N) is 2. The van der Waals surface area contributed by atoms with Crippen LogP contribution in [0.25, 0.3) is 0 Å². The van der Waals surface area contributed by atoms with Crippen LogP contribution in [-0.4, -0.2) is 30.3 Å². The fraction of sp³-hybridized carbons (Fsp3) is 0.391. The molecule has 2 N–H and O–H groups in total. The molecule has 1 unspecified atom stereocenters. The number of para-hydroxylation sites is 2. The van der Waals surface area contributed by atoms with Crippen LogP contribution in [0.5, 0.6) is 5.75 Å². The van der Waals surface area contributed by atoms with E-state index in [1.165, 1.54) is 5.56 Å². The molecule has 0 radical (unpaired) electrons. The van der Waals surface area contributed by atoms with Crippen LogP contribution in [0.3, 0.4) is 0 Å². The van der Waals surface area contributed by atoms with E-state index in [4.69, 9.17) is 21.7 Å². The predicted octanol–water partition coefficient (Wildman–Crippen LogP) is 4.67. The number of carbonyl (C=O) groups is 1. The van der Waals surface area contributed by atoms with Crippen molar-refractivity contribution in [3.8, 4) is 5.75 Å². The quantitative estimate of drug-likeness (QED) is 0.699. The molecule has 1 amide bonds. The third kappa shape index (κ3) is 6.02. The first-order valence-corrected chi connectivity index (χ1v) is 10.3. The lowest BCUT2D eigenvalue weighted by molar-refractivity contribution is 0.0682. The molecule has 3 rings (SSSR count). The highest BCUT2D eigenvalue weighted by molar-refractivity contribution is 7.80. The molecule has 1 atom stereocenters. The Hall–Kier alpha value is -2.44. The highest BCUT2D eigenvalue weighted by atomic mass is 32.1. The summed E-state index contributed by atoms with van der Waals surface area (Å²) in [5.41, 5.74) is 2.48. The van der Waals surface area contributed by atoms with Gasteiger partial charge in [-0.1, -0.05) is 45.0 Å². The summed E-state index contributed by atoms with van der Waals surface area (Å²) in [7, 11) is 0. The average molecular weight is 413 g/mol. The summed E-state index contributed by atoms with van der Waals surface area (Å²) >= 11 is 5.33. The third-order valence-corrected chi connectivity index (χ3v) is 5.03. The molecular formula is C23H28N2O3S. The van der Waals surface area contributed by atoms with Crippen molar-refractivity contribution in [3.05, 3.63) is 59.7 Å². The lowest BCUT2D eigenvalue weighted by Gasteiger charge is -2.19. The second kappa shape index (κ2) is 9.37. The summed E-state index contributed by atoms with van der Waals surface area (Å²) in [4.78, 5) is 12.5. The average Bonchev–Trinajstić information content (AvgIpc) is 3.20. The number of ether oxygens (including phenoxy) is 2. The first-order chi connectivity index (χ1) is 13.8. The minimum Gasteiger partial charge on any atom is -0.489 e. The van der Waals surface area contributed by atoms with Gasteiger partial charge >= 0.3 is 0 Å². The number of hydrogen-bond donors (Lipinski definition) is 2. The maximum absolute atomic E-state index is 12.5. The molecule has 0 bridgehead atoms. The summed E-state index contributed by atoms with van der Waals surface area (Å²) in [6, 6.07) is 15.1. The third-order valence-electron chi connectivity index (χ3n) is 4.82. The van der Waals surface area contributed by atoms with Gasteiger partial charge in [-0.25, -0.2) is 0 Å². The first-order valence-electron chi connectivity index (χ1n) is 9.89. The van der Waals surface area contributed by atoms with Gasteiger partial charge in [-0.3, -0.25) is 10.1 Å². The number of rotatable bonds is 5. The van der Waals surface area contributed by atoms with Gasteiger partial charge in [0, 0.05) is 12.2 Å². The molecule has 2 aromatic carbocycles. The fourth-order valence-corrected chi connectivity index (χ4v) is 3.31. The van der Waals surface area contributed by atoms with E-state index in [-0.39, 0.29) is 22.5 Å². The molecule has 1 saturated heterocycles. The second-order valence-corrected chi connectivity index (χ2v) is 8.59. The zero-order valence-corrected chi connectivity index (χ0v) is 18.0. The van der Waals surface area contributed by atoms with Gasteiger partial charge in [0.25, 0.3) is 5.91 Å². The zero-order valence-electron chi connectivity index (χ0n) is 17.2. The molecule has 0 aliphatic carbocycles. The van der Waals surface area contributed by atoms with E-state index in [2.05, 4.69) is 31.4 Å². The molecule has 6 heteroatoms. The molecule has 29 heavy (non-hydrogen) atoms. The van der Waals surface area contributed by atoms with Gasteiger partial charge in [0.2, 0.25) is 0 Å². The van der Waals surface area contributed by atoms with Crippen molar-refractivity contribution >= 4 is 28.9 Å². The summed E-state index contributed by atoms with van der Waals surface area (Å²) in [5.74, 6) is 0.426. The number of anilines is 1. The van der Waals surface area contributed by atoms with Crippen LogP contribution < -0.4 is 15.4 Å². The first kappa shape index (κ1) is 21.3. The molecule has 1 aliphatic rings. The number of thiocarbonyl (C=S) groups is 1. The van der Waals surface area contributed by atoms with E-state index in [1.54, 1.807) is 0 Å². The molecule has 5 nitrogen and oxygen atoms in total. The molecule has 2 aromatic rings. The molecule has 0 spiro atoms. The van der Waals surface area contributed by atoms with Crippen molar-refractivity contribution in [1.29, 1.82) is 0 Å². The van der Waals surface area contributed by atoms with Crippen LogP contribution in [0.15, 0.2) is 48.5 Å². The van der Waals surface area contributed by atoms with Crippen LogP contribution in [0.4, 0.5) is 5.69 Å². The van der Waals surface area contributed by atoms with Crippen LogP contribution in [-0.2, 0) is 10.2 Å². The van der Waals surface area contributed by atoms with Crippen molar-refractivity contribution < 1.29 is 14.3 Å². The van der Waals surface area contributed by atoms with E-state index in [0.29, 0.717) is 23.6 Å². The van der Waals surface area contributed by atoms with Gasteiger partial charge in [0.1, 0.15) is 12.4 Å². The Morgan fingerprint density at radius 2 is 1.90 bits per heavy atom. The topological polar surface area (TPSA) is 59.6 Å². The van der Waals surface area contributed by atoms with E-state index in [1.807, 2.05) is 48.5 Å². The van der Waals surface area contributed by atoms with E-state index < -0.39 is 0 Å². The van der Waals surface area contributed by atoms with Crippen molar-refractivity contribution in [1.82, 2.24) is 5.32 Å². The Labute approximate surface area is 177 Å². The van der Waals surface area contributed by atoms with Gasteiger partial charge < -0.3 is 14.8 Å². The molecule has 1 fully saturated rings. The molecule has 1 heterocycles. The number of amides is 1. The Morgan fingerprint density at radius 3 is 2.55 bits per heavy atom. The Morgan fingerprint density at radius 1 is 1.17 bits per heavy atom. The van der Waals surface area contributed by atoms with E-state index >= 15 is 0 Å². The van der Waals surface area contributed by atoms with Gasteiger partial charge in [-0.2, -0.15) is 0 Å². The molecular weight excluding hydrogens is 384 g/mol. The minimum absolute atomic E-state index is 0.0408. The Balaban J connectivity index is 1.58. The SMILES string of the molecule is CC(C)(C)c1ccc(C(=O)NC(=S)Nc2ccccc2OCC2CCCO2)cc1. The Kier molecular flexibility index (Phi) is 6.87. The molecule has 1 aliphatic heterocycles. The smallest absolute Gasteiger partial charge is 0.257 e. The van der Waals surface area contributed by atoms with Crippen LogP contribution in [0, 0.1) is 0 Å². The van der Waals surface area contributed by atoms with Crippen molar-refractivity contribution in [3.63, 3.8) is 0 Å². The highest BCUT2D eigenvalue weighted by Crippen LogP contribution is 2.25. The van der Waals surface area contributed by atoms with E-state index in [0.717, 1.165) is 19.4 Å². The van der Waals surface area contributed by atoms with Crippen LogP contribution in [0.2, 0.25) is 0 Å². The molecule has 0 aromatic heterocycles. The summed E-state index contributed by atoms with van der Waals surface area (Å²) < 4.78 is 11.5. The van der Waals surface area contributed by atoms with Crippen molar-refractivity contribution in [2.45, 2.75) is 45.1 Å². The predicted molar refractivity (Wildman–Crippen MR) is 120 cm³/mol. The fourth-order valence-electron chi connectivity index (χ4n) is 3.10. The van der Waals surface area contributed by atoms with Gasteiger partial charge in [-0.05, 0) is 60.3 Å². The molecule has 154 valence electrons. The van der Waals surface area contributed by atoms with Crippen molar-refractivity contribution in [2.24, 2.45) is 0 Å². The minimum atomic E-state index is -0.249. The maximum atomic E-state index is 12.5. The van der Waals surface area contributed by atoms with Crippen LogP contribution in [0.1, 0.15) is 49.5 Å². The second-order valence-electron chi connectivity index (χ2n) is 8.18. The van der Waals surface area contributed by atoms with Gasteiger partial charge in [0.15, 0.2) is 5.11 Å². The van der Waals surface area contributed by atoms with Gasteiger partial charge in [0.05, 0.1) is 11.8 Å². The lowest BCUT2D eigenvalue weighted by atomic mass is 9.87. The summed E-state index contributed by atoms with van der Waals surface area (Å²) in [6.07, 6.45) is 2.21. The largest absolute Gasteiger partial charge is 0.489 e. The summed E-state index contributed by atoms with van der Waals surface area (Å²) in [6.45, 7) is 7.71. The monoisotopic (exact) mass is 412 g/mol. The summed E-state index contributed by atoms with van der Waals surface area (Å²) in [5, 5.41) is 6.01. The zero-order chi connectivity index (χ0) is 20.9. The number of hydrogen-bond acceptors (Lipinski definition) is 4. The highest BCUT2D eigenvalue weighted by Gasteiger charge is 2.18. The Bertz CT molecular complexity index is 853. The number of carbonyl (C=O) groups excluding carboxylic acids is 1. The molecule has 0 saturated carbocycles. The van der Waals surface area contributed by atoms with Crippen LogP contribution >= 0.6 is 12.2 Å². The maximum Gasteiger partial charge on any atom is 0.257 e. The normalized spacial score (nSPS) is 16.3. The number of benzene rings is 2. The van der Waals surface area contributed by atoms with Crippen molar-refractivity contribution in [2.75, 3.05) is 18.5 Å². The van der Waals surface area contributed by atoms with Gasteiger partial charge in [-0.15, -0.1) is 0 Å². The standard InChI is InChI=1S/C23H28N2O3S/c1-23(2,3)17-12-10-16(11-13-17)21(26)25-22(29)24-19-8-4-5-9-20(19)28-15-18-7-6-14-27-18/h4-5,8-13,18H,6-7,14-15H2,1-3H3,(H2,24,25,26,29).